The van der Waals surface area contributed by atoms with Gasteiger partial charge in [0.05, 0.1) is 10.6 Å². The van der Waals surface area contributed by atoms with Crippen LogP contribution < -0.4 is 5.32 Å². The Labute approximate surface area is 131 Å². The number of methoxy groups -OCH3 is 1. The van der Waals surface area contributed by atoms with Gasteiger partial charge in [-0.2, -0.15) is 0 Å². The first-order valence-corrected chi connectivity index (χ1v) is 8.67. The summed E-state index contributed by atoms with van der Waals surface area (Å²) in [6.07, 6.45) is 1.39. The van der Waals surface area contributed by atoms with Crippen LogP contribution in [0.15, 0.2) is 17.0 Å². The number of hydrogen-bond donors (Lipinski definition) is 1. The van der Waals surface area contributed by atoms with Gasteiger partial charge < -0.3 is 10.1 Å². The second-order valence-corrected chi connectivity index (χ2v) is 7.10. The lowest BCUT2D eigenvalue weighted by atomic mass is 10.2. The molecule has 9 heteroatoms. The van der Waals surface area contributed by atoms with E-state index in [9.17, 15) is 17.6 Å². The van der Waals surface area contributed by atoms with Gasteiger partial charge in [-0.05, 0) is 25.0 Å². The molecule has 0 unspecified atom stereocenters. The third kappa shape index (κ3) is 5.43. The van der Waals surface area contributed by atoms with Crippen LogP contribution in [0.2, 0.25) is 5.02 Å². The lowest BCUT2D eigenvalue weighted by Crippen LogP contribution is -2.25. The van der Waals surface area contributed by atoms with Crippen LogP contribution in [0.3, 0.4) is 0 Å². The smallest absolute Gasteiger partial charge is 0.262 e. The summed E-state index contributed by atoms with van der Waals surface area (Å²) in [5.74, 6) is -1.65. The van der Waals surface area contributed by atoms with Crippen molar-refractivity contribution in [1.82, 2.24) is 5.32 Å². The Balaban J connectivity index is 2.85. The maximum absolute atomic E-state index is 13.7. The van der Waals surface area contributed by atoms with Crippen LogP contribution in [-0.4, -0.2) is 34.6 Å². The van der Waals surface area contributed by atoms with Crippen molar-refractivity contribution in [1.29, 1.82) is 0 Å². The van der Waals surface area contributed by atoms with E-state index in [0.29, 0.717) is 19.6 Å². The predicted octanol–water partition coefficient (Wildman–Crippen LogP) is 2.56. The molecule has 0 aromatic heterocycles. The van der Waals surface area contributed by atoms with Gasteiger partial charge in [-0.15, -0.1) is 0 Å². The number of halogens is 3. The van der Waals surface area contributed by atoms with E-state index in [1.807, 2.05) is 0 Å². The van der Waals surface area contributed by atoms with Crippen LogP contribution >= 0.6 is 22.3 Å². The zero-order valence-corrected chi connectivity index (χ0v) is 13.5. The molecule has 1 aromatic carbocycles. The van der Waals surface area contributed by atoms with E-state index in [0.717, 1.165) is 18.6 Å². The van der Waals surface area contributed by atoms with E-state index in [4.69, 9.17) is 27.0 Å². The average Bonchev–Trinajstić information content (AvgIpc) is 2.36. The molecule has 0 fully saturated rings. The van der Waals surface area contributed by atoms with Crippen LogP contribution in [0.25, 0.3) is 0 Å². The Bertz CT molecular complexity index is 622. The fourth-order valence-electron chi connectivity index (χ4n) is 1.56. The molecule has 118 valence electrons. The first kappa shape index (κ1) is 18.2. The molecule has 0 heterocycles. The molecular weight excluding hydrogens is 344 g/mol. The number of unbranched alkanes of at least 4 members (excludes halogenated alkanes) is 1. The van der Waals surface area contributed by atoms with Crippen molar-refractivity contribution in [3.8, 4) is 0 Å². The van der Waals surface area contributed by atoms with Crippen LogP contribution in [0.5, 0.6) is 0 Å². The molecule has 0 saturated carbocycles. The molecular formula is C12H14Cl2FNO4S. The lowest BCUT2D eigenvalue weighted by molar-refractivity contribution is 0.0947. The molecule has 1 N–H and O–H groups in total. The summed E-state index contributed by atoms with van der Waals surface area (Å²) in [5.41, 5.74) is -0.426. The quantitative estimate of drug-likeness (QED) is 0.601. The van der Waals surface area contributed by atoms with Crippen molar-refractivity contribution >= 4 is 37.2 Å². The first-order chi connectivity index (χ1) is 9.77. The molecule has 0 aliphatic rings. The molecule has 0 aliphatic carbocycles. The molecule has 5 nitrogen and oxygen atoms in total. The summed E-state index contributed by atoms with van der Waals surface area (Å²) in [6.45, 7) is 0.868. The summed E-state index contributed by atoms with van der Waals surface area (Å²) < 4.78 is 41.1. The van der Waals surface area contributed by atoms with Crippen LogP contribution in [0.1, 0.15) is 23.2 Å². The highest BCUT2D eigenvalue weighted by Crippen LogP contribution is 2.27. The Kier molecular flexibility index (Phi) is 6.86. The Hall–Kier alpha value is -0.890. The lowest BCUT2D eigenvalue weighted by Gasteiger charge is -2.08. The molecule has 0 saturated heterocycles. The van der Waals surface area contributed by atoms with E-state index < -0.39 is 31.2 Å². The van der Waals surface area contributed by atoms with Crippen molar-refractivity contribution in [3.63, 3.8) is 0 Å². The topological polar surface area (TPSA) is 72.5 Å². The number of rotatable bonds is 7. The van der Waals surface area contributed by atoms with Gasteiger partial charge in [-0.25, -0.2) is 12.8 Å². The number of hydrogen-bond acceptors (Lipinski definition) is 4. The predicted molar refractivity (Wildman–Crippen MR) is 77.9 cm³/mol. The van der Waals surface area contributed by atoms with Gasteiger partial charge in [0.2, 0.25) is 0 Å². The van der Waals surface area contributed by atoms with Gasteiger partial charge in [0.25, 0.3) is 15.0 Å². The minimum atomic E-state index is -4.16. The van der Waals surface area contributed by atoms with Crippen LogP contribution in [-0.2, 0) is 13.8 Å². The van der Waals surface area contributed by atoms with E-state index in [1.165, 1.54) is 0 Å². The van der Waals surface area contributed by atoms with Gasteiger partial charge in [0.15, 0.2) is 0 Å². The van der Waals surface area contributed by atoms with Crippen molar-refractivity contribution in [2.24, 2.45) is 0 Å². The minimum absolute atomic E-state index is 0.313. The van der Waals surface area contributed by atoms with Gasteiger partial charge in [0.1, 0.15) is 10.7 Å². The Morgan fingerprint density at radius 2 is 2.05 bits per heavy atom. The minimum Gasteiger partial charge on any atom is -0.385 e. The van der Waals surface area contributed by atoms with E-state index in [2.05, 4.69) is 5.32 Å². The standard InChI is InChI=1S/C12H14Cl2FNO4S/c1-20-5-3-2-4-16-12(17)8-6-11(21(14,18)19)9(13)7-10(8)15/h6-7H,2-5H2,1H3,(H,16,17). The molecule has 1 aromatic rings. The zero-order valence-electron chi connectivity index (χ0n) is 11.2. The molecule has 0 radical (unpaired) electrons. The monoisotopic (exact) mass is 357 g/mol. The first-order valence-electron chi connectivity index (χ1n) is 5.98. The molecule has 21 heavy (non-hydrogen) atoms. The number of nitrogens with one attached hydrogen (secondary N) is 1. The fourth-order valence-corrected chi connectivity index (χ4v) is 3.07. The van der Waals surface area contributed by atoms with Crippen LogP contribution in [0, 0.1) is 5.82 Å². The highest BCUT2D eigenvalue weighted by Gasteiger charge is 2.21. The second kappa shape index (κ2) is 7.93. The number of carbonyl (C=O) groups is 1. The Morgan fingerprint density at radius 1 is 1.38 bits per heavy atom. The highest BCUT2D eigenvalue weighted by molar-refractivity contribution is 8.13. The number of ether oxygens (including phenoxy) is 1. The third-order valence-electron chi connectivity index (χ3n) is 2.59. The van der Waals surface area contributed by atoms with Gasteiger partial charge >= 0.3 is 0 Å². The van der Waals surface area contributed by atoms with E-state index >= 15 is 0 Å². The van der Waals surface area contributed by atoms with Gasteiger partial charge in [0, 0.05) is 30.9 Å². The van der Waals surface area contributed by atoms with Crippen LogP contribution in [0.4, 0.5) is 4.39 Å². The number of amides is 1. The summed E-state index contributed by atoms with van der Waals surface area (Å²) in [7, 11) is 2.58. The fraction of sp³-hybridized carbons (Fsp3) is 0.417. The highest BCUT2D eigenvalue weighted by atomic mass is 35.7. The molecule has 1 rings (SSSR count). The normalized spacial score (nSPS) is 11.4. The third-order valence-corrected chi connectivity index (χ3v) is 4.38. The van der Waals surface area contributed by atoms with E-state index in [1.54, 1.807) is 7.11 Å². The summed E-state index contributed by atoms with van der Waals surface area (Å²) in [5, 5.41) is 2.11. The molecule has 1 amide bonds. The maximum Gasteiger partial charge on any atom is 0.262 e. The number of carbonyl (C=O) groups excluding carboxylic acids is 1. The molecule has 0 spiro atoms. The van der Waals surface area contributed by atoms with Crippen molar-refractivity contribution in [2.75, 3.05) is 20.3 Å². The van der Waals surface area contributed by atoms with Crippen molar-refractivity contribution in [3.05, 3.63) is 28.5 Å². The largest absolute Gasteiger partial charge is 0.385 e. The van der Waals surface area contributed by atoms with Gasteiger partial charge in [-0.3, -0.25) is 4.79 Å². The maximum atomic E-state index is 13.7. The SMILES string of the molecule is COCCCCNC(=O)c1cc(S(=O)(=O)Cl)c(Cl)cc1F. The molecule has 0 atom stereocenters. The average molecular weight is 358 g/mol. The summed E-state index contributed by atoms with van der Waals surface area (Å²) >= 11 is 5.60. The number of benzene rings is 1. The molecule has 0 bridgehead atoms. The van der Waals surface area contributed by atoms with Gasteiger partial charge in [-0.1, -0.05) is 11.6 Å². The van der Waals surface area contributed by atoms with E-state index in [-0.39, 0.29) is 5.02 Å². The zero-order chi connectivity index (χ0) is 16.0. The van der Waals surface area contributed by atoms with Crippen molar-refractivity contribution < 1.29 is 22.3 Å². The van der Waals surface area contributed by atoms with Crippen molar-refractivity contribution in [2.45, 2.75) is 17.7 Å². The summed E-state index contributed by atoms with van der Waals surface area (Å²) in [4.78, 5) is 11.3. The molecule has 0 aliphatic heterocycles. The second-order valence-electron chi connectivity index (χ2n) is 4.16. The summed E-state index contributed by atoms with van der Waals surface area (Å²) in [6, 6.07) is 1.57. The Morgan fingerprint density at radius 3 is 2.62 bits per heavy atom.